The van der Waals surface area contributed by atoms with Gasteiger partial charge < -0.3 is 5.32 Å². The van der Waals surface area contributed by atoms with Crippen molar-refractivity contribution in [2.75, 3.05) is 17.6 Å². The van der Waals surface area contributed by atoms with Gasteiger partial charge in [0.15, 0.2) is 5.13 Å². The SMILES string of the molecule is CCCCSN(CCCC)C(C)c1csc(Nc2cccc3ccccc23)n1. The third-order valence-corrected chi connectivity index (χ3v) is 6.98. The van der Waals surface area contributed by atoms with Crippen LogP contribution in [0.25, 0.3) is 10.8 Å². The van der Waals surface area contributed by atoms with E-state index in [1.807, 2.05) is 11.9 Å². The summed E-state index contributed by atoms with van der Waals surface area (Å²) in [5.74, 6) is 1.19. The van der Waals surface area contributed by atoms with Crippen LogP contribution in [0.3, 0.4) is 0 Å². The Kier molecular flexibility index (Phi) is 8.19. The quantitative estimate of drug-likeness (QED) is 0.258. The number of fused-ring (bicyclic) bond motifs is 1. The van der Waals surface area contributed by atoms with Crippen LogP contribution >= 0.6 is 23.3 Å². The second-order valence-electron chi connectivity index (χ2n) is 7.09. The molecule has 0 amide bonds. The first kappa shape index (κ1) is 21.2. The van der Waals surface area contributed by atoms with Crippen molar-refractivity contribution in [2.24, 2.45) is 0 Å². The lowest BCUT2D eigenvalue weighted by molar-refractivity contribution is 0.369. The third kappa shape index (κ3) is 5.49. The molecular formula is C23H31N3S2. The molecule has 0 radical (unpaired) electrons. The summed E-state index contributed by atoms with van der Waals surface area (Å²) in [7, 11) is 0. The Bertz CT molecular complexity index is 856. The average molecular weight is 414 g/mol. The fourth-order valence-electron chi connectivity index (χ4n) is 3.14. The highest BCUT2D eigenvalue weighted by molar-refractivity contribution is 7.97. The van der Waals surface area contributed by atoms with Crippen molar-refractivity contribution in [3.05, 3.63) is 53.5 Å². The second kappa shape index (κ2) is 10.8. The van der Waals surface area contributed by atoms with Crippen LogP contribution in [0.4, 0.5) is 10.8 Å². The predicted octanol–water partition coefficient (Wildman–Crippen LogP) is 7.65. The molecule has 1 unspecified atom stereocenters. The normalized spacial score (nSPS) is 12.6. The lowest BCUT2D eigenvalue weighted by Gasteiger charge is -2.26. The summed E-state index contributed by atoms with van der Waals surface area (Å²) >= 11 is 3.67. The number of thiazole rings is 1. The highest BCUT2D eigenvalue weighted by atomic mass is 32.2. The zero-order chi connectivity index (χ0) is 19.8. The molecule has 3 rings (SSSR count). The Labute approximate surface area is 177 Å². The van der Waals surface area contributed by atoms with Gasteiger partial charge in [-0.2, -0.15) is 0 Å². The fourth-order valence-corrected chi connectivity index (χ4v) is 5.19. The third-order valence-electron chi connectivity index (χ3n) is 4.90. The van der Waals surface area contributed by atoms with E-state index in [9.17, 15) is 0 Å². The van der Waals surface area contributed by atoms with E-state index in [-0.39, 0.29) is 0 Å². The van der Waals surface area contributed by atoms with E-state index in [4.69, 9.17) is 4.98 Å². The van der Waals surface area contributed by atoms with E-state index < -0.39 is 0 Å². The van der Waals surface area contributed by atoms with Crippen LogP contribution < -0.4 is 5.32 Å². The van der Waals surface area contributed by atoms with Gasteiger partial charge in [0.25, 0.3) is 0 Å². The standard InChI is InChI=1S/C23H31N3S2/c1-4-6-15-26(28-16-7-5-2)18(3)22-17-27-23(25-22)24-21-14-10-12-19-11-8-9-13-20(19)21/h8-14,17-18H,4-7,15-16H2,1-3H3,(H,24,25). The maximum Gasteiger partial charge on any atom is 0.187 e. The zero-order valence-corrected chi connectivity index (χ0v) is 18.8. The monoisotopic (exact) mass is 413 g/mol. The summed E-state index contributed by atoms with van der Waals surface area (Å²) in [5.41, 5.74) is 2.28. The van der Waals surface area contributed by atoms with Gasteiger partial charge in [-0.15, -0.1) is 11.3 Å². The number of rotatable bonds is 11. The topological polar surface area (TPSA) is 28.2 Å². The van der Waals surface area contributed by atoms with Crippen LogP contribution in [0.5, 0.6) is 0 Å². The average Bonchev–Trinajstić information content (AvgIpc) is 3.19. The maximum atomic E-state index is 4.92. The number of benzene rings is 2. The molecule has 0 saturated carbocycles. The molecule has 3 nitrogen and oxygen atoms in total. The molecule has 0 aliphatic carbocycles. The van der Waals surface area contributed by atoms with Crippen molar-refractivity contribution in [1.29, 1.82) is 0 Å². The number of anilines is 2. The van der Waals surface area contributed by atoms with E-state index in [1.54, 1.807) is 11.3 Å². The summed E-state index contributed by atoms with van der Waals surface area (Å²) < 4.78 is 2.52. The molecule has 0 fully saturated rings. The summed E-state index contributed by atoms with van der Waals surface area (Å²) in [6, 6.07) is 15.2. The van der Waals surface area contributed by atoms with Crippen LogP contribution in [0.2, 0.25) is 0 Å². The summed E-state index contributed by atoms with van der Waals surface area (Å²) in [5, 5.41) is 9.19. The molecule has 0 spiro atoms. The molecule has 0 bridgehead atoms. The first-order valence-electron chi connectivity index (χ1n) is 10.3. The van der Waals surface area contributed by atoms with Crippen LogP contribution in [0.1, 0.15) is 58.2 Å². The van der Waals surface area contributed by atoms with Gasteiger partial charge in [0.1, 0.15) is 0 Å². The van der Waals surface area contributed by atoms with Crippen molar-refractivity contribution in [3.63, 3.8) is 0 Å². The van der Waals surface area contributed by atoms with Gasteiger partial charge in [-0.1, -0.05) is 75.0 Å². The molecule has 1 aromatic heterocycles. The summed E-state index contributed by atoms with van der Waals surface area (Å²) in [6.07, 6.45) is 4.97. The van der Waals surface area contributed by atoms with Gasteiger partial charge in [0.2, 0.25) is 0 Å². The maximum absolute atomic E-state index is 4.92. The number of nitrogens with one attached hydrogen (secondary N) is 1. The molecule has 2 aromatic carbocycles. The highest BCUT2D eigenvalue weighted by Gasteiger charge is 2.19. The molecule has 0 aliphatic rings. The fraction of sp³-hybridized carbons (Fsp3) is 0.435. The summed E-state index contributed by atoms with van der Waals surface area (Å²) in [6.45, 7) is 7.92. The van der Waals surface area contributed by atoms with Crippen molar-refractivity contribution < 1.29 is 0 Å². The molecule has 1 heterocycles. The van der Waals surface area contributed by atoms with E-state index in [0.717, 1.165) is 23.1 Å². The molecule has 5 heteroatoms. The van der Waals surface area contributed by atoms with Crippen molar-refractivity contribution in [2.45, 2.75) is 52.5 Å². The second-order valence-corrected chi connectivity index (χ2v) is 9.08. The van der Waals surface area contributed by atoms with Gasteiger partial charge in [-0.25, -0.2) is 9.29 Å². The minimum Gasteiger partial charge on any atom is -0.331 e. The molecule has 28 heavy (non-hydrogen) atoms. The number of hydrogen-bond donors (Lipinski definition) is 1. The van der Waals surface area contributed by atoms with E-state index in [2.05, 4.69) is 78.2 Å². The zero-order valence-electron chi connectivity index (χ0n) is 17.1. The largest absolute Gasteiger partial charge is 0.331 e. The van der Waals surface area contributed by atoms with E-state index in [0.29, 0.717) is 6.04 Å². The number of nitrogens with zero attached hydrogens (tertiary/aromatic N) is 2. The van der Waals surface area contributed by atoms with Gasteiger partial charge >= 0.3 is 0 Å². The number of unbranched alkanes of at least 4 members (excludes halogenated alkanes) is 2. The number of hydrogen-bond acceptors (Lipinski definition) is 5. The Balaban J connectivity index is 1.72. The molecule has 0 saturated heterocycles. The Morgan fingerprint density at radius 1 is 1.07 bits per heavy atom. The van der Waals surface area contributed by atoms with Gasteiger partial charge in [0, 0.05) is 28.8 Å². The molecule has 3 aromatic rings. The van der Waals surface area contributed by atoms with Crippen LogP contribution in [0.15, 0.2) is 47.8 Å². The predicted molar refractivity (Wildman–Crippen MR) is 127 cm³/mol. The Morgan fingerprint density at radius 3 is 2.68 bits per heavy atom. The number of aromatic nitrogens is 1. The Morgan fingerprint density at radius 2 is 1.86 bits per heavy atom. The minimum absolute atomic E-state index is 0.327. The Hall–Kier alpha value is -1.56. The molecule has 0 aliphatic heterocycles. The van der Waals surface area contributed by atoms with Crippen molar-refractivity contribution >= 4 is 44.9 Å². The van der Waals surface area contributed by atoms with Crippen molar-refractivity contribution in [3.8, 4) is 0 Å². The minimum atomic E-state index is 0.327. The van der Waals surface area contributed by atoms with Crippen LogP contribution in [-0.2, 0) is 0 Å². The molecule has 1 N–H and O–H groups in total. The molecule has 150 valence electrons. The van der Waals surface area contributed by atoms with Crippen LogP contribution in [-0.4, -0.2) is 21.6 Å². The lowest BCUT2D eigenvalue weighted by Crippen LogP contribution is -2.22. The molecule has 1 atom stereocenters. The van der Waals surface area contributed by atoms with E-state index >= 15 is 0 Å². The van der Waals surface area contributed by atoms with Crippen LogP contribution in [0, 0.1) is 0 Å². The van der Waals surface area contributed by atoms with Gasteiger partial charge in [-0.3, -0.25) is 0 Å². The molecular weight excluding hydrogens is 382 g/mol. The van der Waals surface area contributed by atoms with E-state index in [1.165, 1.54) is 42.2 Å². The van der Waals surface area contributed by atoms with Gasteiger partial charge in [-0.05, 0) is 31.2 Å². The summed E-state index contributed by atoms with van der Waals surface area (Å²) in [4.78, 5) is 4.92. The highest BCUT2D eigenvalue weighted by Crippen LogP contribution is 2.32. The van der Waals surface area contributed by atoms with Gasteiger partial charge in [0.05, 0.1) is 11.7 Å². The first-order valence-corrected chi connectivity index (χ1v) is 12.1. The van der Waals surface area contributed by atoms with Crippen molar-refractivity contribution in [1.82, 2.24) is 9.29 Å². The first-order chi connectivity index (χ1) is 13.7. The lowest BCUT2D eigenvalue weighted by atomic mass is 10.1. The smallest absolute Gasteiger partial charge is 0.187 e.